The molecule has 2 fully saturated rings. The molecule has 0 amide bonds. The Kier molecular flexibility index (Phi) is 7.48. The number of likely N-dealkylation sites (N-methyl/N-ethyl adjacent to an activating group) is 1. The number of benzene rings is 3. The SMILES string of the molecule is COc1cccc2c1[C@H](COC(=O)c1ccccc1)N1[C@@H](C#N)[C@@H]3C[C@@H](COC(=O)c4ccccc4)[C@H]([C@@H]1C2)N3C. The number of piperazine rings is 1. The van der Waals surface area contributed by atoms with E-state index in [1.54, 1.807) is 43.5 Å². The molecule has 0 N–H and O–H groups in total. The molecule has 3 aromatic carbocycles. The van der Waals surface area contributed by atoms with Crippen LogP contribution in [-0.4, -0.2) is 73.3 Å². The molecule has 3 aromatic rings. The summed E-state index contributed by atoms with van der Waals surface area (Å²) in [6, 6.07) is 25.7. The maximum Gasteiger partial charge on any atom is 0.338 e. The largest absolute Gasteiger partial charge is 0.496 e. The number of nitrogens with zero attached hydrogens (tertiary/aromatic N) is 3. The van der Waals surface area contributed by atoms with Gasteiger partial charge in [0.05, 0.1) is 37.0 Å². The van der Waals surface area contributed by atoms with Crippen LogP contribution >= 0.6 is 0 Å². The van der Waals surface area contributed by atoms with Crippen LogP contribution in [0.25, 0.3) is 0 Å². The molecule has 41 heavy (non-hydrogen) atoms. The van der Waals surface area contributed by atoms with Crippen molar-refractivity contribution < 1.29 is 23.8 Å². The highest BCUT2D eigenvalue weighted by Gasteiger charge is 2.58. The number of hydrogen-bond acceptors (Lipinski definition) is 8. The van der Waals surface area contributed by atoms with E-state index in [4.69, 9.17) is 14.2 Å². The molecule has 0 spiro atoms. The molecule has 0 aliphatic carbocycles. The fourth-order valence-electron chi connectivity index (χ4n) is 7.18. The zero-order valence-electron chi connectivity index (χ0n) is 23.2. The summed E-state index contributed by atoms with van der Waals surface area (Å²) in [4.78, 5) is 30.3. The fraction of sp³-hybridized carbons (Fsp3) is 0.364. The van der Waals surface area contributed by atoms with Crippen molar-refractivity contribution in [2.45, 2.75) is 43.1 Å². The first kappa shape index (κ1) is 27.0. The fourth-order valence-corrected chi connectivity index (χ4v) is 7.18. The van der Waals surface area contributed by atoms with Crippen LogP contribution in [0.5, 0.6) is 5.75 Å². The van der Waals surface area contributed by atoms with Gasteiger partial charge < -0.3 is 14.2 Å². The molecule has 3 aliphatic rings. The van der Waals surface area contributed by atoms with E-state index in [1.807, 2.05) is 36.4 Å². The summed E-state index contributed by atoms with van der Waals surface area (Å²) < 4.78 is 17.5. The number of carbonyl (C=O) groups excluding carboxylic acids is 2. The summed E-state index contributed by atoms with van der Waals surface area (Å²) in [7, 11) is 3.71. The molecule has 8 nitrogen and oxygen atoms in total. The van der Waals surface area contributed by atoms with Gasteiger partial charge in [-0.05, 0) is 55.8 Å². The number of carbonyl (C=O) groups is 2. The lowest BCUT2D eigenvalue weighted by Crippen LogP contribution is -2.67. The molecule has 0 aromatic heterocycles. The van der Waals surface area contributed by atoms with Gasteiger partial charge >= 0.3 is 11.9 Å². The van der Waals surface area contributed by atoms with Crippen LogP contribution in [-0.2, 0) is 15.9 Å². The molecule has 2 saturated heterocycles. The van der Waals surface area contributed by atoms with E-state index in [2.05, 4.69) is 29.0 Å². The van der Waals surface area contributed by atoms with E-state index in [0.29, 0.717) is 17.5 Å². The van der Waals surface area contributed by atoms with E-state index in [1.165, 1.54) is 0 Å². The van der Waals surface area contributed by atoms with Gasteiger partial charge in [0.2, 0.25) is 0 Å². The second-order valence-corrected chi connectivity index (χ2v) is 11.0. The summed E-state index contributed by atoms with van der Waals surface area (Å²) in [6.45, 7) is 0.368. The first-order chi connectivity index (χ1) is 20.0. The molecule has 0 saturated carbocycles. The Morgan fingerprint density at radius 3 is 2.12 bits per heavy atom. The molecule has 0 radical (unpaired) electrons. The zero-order chi connectivity index (χ0) is 28.5. The van der Waals surface area contributed by atoms with Gasteiger partial charge in [-0.3, -0.25) is 9.80 Å². The quantitative estimate of drug-likeness (QED) is 0.402. The van der Waals surface area contributed by atoms with Crippen LogP contribution in [0.2, 0.25) is 0 Å². The number of hydrogen-bond donors (Lipinski definition) is 0. The van der Waals surface area contributed by atoms with Crippen LogP contribution < -0.4 is 4.74 Å². The van der Waals surface area contributed by atoms with Crippen molar-refractivity contribution in [2.75, 3.05) is 27.4 Å². The van der Waals surface area contributed by atoms with Gasteiger partial charge in [0, 0.05) is 29.6 Å². The summed E-state index contributed by atoms with van der Waals surface area (Å²) in [5, 5.41) is 10.5. The van der Waals surface area contributed by atoms with Gasteiger partial charge in [-0.25, -0.2) is 9.59 Å². The third kappa shape index (κ3) is 4.86. The number of fused-ring (bicyclic) bond motifs is 5. The molecule has 6 atom stereocenters. The molecule has 6 rings (SSSR count). The second-order valence-electron chi connectivity index (χ2n) is 11.0. The van der Waals surface area contributed by atoms with Gasteiger partial charge in [0.25, 0.3) is 0 Å². The smallest absolute Gasteiger partial charge is 0.338 e. The Bertz CT molecular complexity index is 1460. The summed E-state index contributed by atoms with van der Waals surface area (Å²) >= 11 is 0. The summed E-state index contributed by atoms with van der Waals surface area (Å²) in [5.41, 5.74) is 3.08. The lowest BCUT2D eigenvalue weighted by Gasteiger charge is -2.54. The third-order valence-electron chi connectivity index (χ3n) is 8.93. The highest BCUT2D eigenvalue weighted by molar-refractivity contribution is 5.89. The first-order valence-electron chi connectivity index (χ1n) is 14.0. The maximum absolute atomic E-state index is 13.0. The highest BCUT2D eigenvalue weighted by atomic mass is 16.5. The van der Waals surface area contributed by atoms with Crippen molar-refractivity contribution in [3.05, 3.63) is 101 Å². The second kappa shape index (κ2) is 11.4. The van der Waals surface area contributed by atoms with E-state index in [9.17, 15) is 14.9 Å². The molecule has 0 unspecified atom stereocenters. The Hall–Kier alpha value is -4.19. The summed E-state index contributed by atoms with van der Waals surface area (Å²) in [6.07, 6.45) is 1.44. The Balaban J connectivity index is 1.31. The number of ether oxygens (including phenoxy) is 3. The molecule has 3 aliphatic heterocycles. The van der Waals surface area contributed by atoms with Crippen LogP contribution in [0.4, 0.5) is 0 Å². The van der Waals surface area contributed by atoms with Gasteiger partial charge in [0.1, 0.15) is 18.4 Å². The van der Waals surface area contributed by atoms with Gasteiger partial charge in [-0.15, -0.1) is 0 Å². The molecular weight excluding hydrogens is 518 g/mol. The molecule has 2 bridgehead atoms. The van der Waals surface area contributed by atoms with Gasteiger partial charge in [-0.2, -0.15) is 5.26 Å². The van der Waals surface area contributed by atoms with Crippen molar-refractivity contribution in [1.82, 2.24) is 9.80 Å². The Morgan fingerprint density at radius 1 is 0.878 bits per heavy atom. The molecule has 3 heterocycles. The molecule has 8 heteroatoms. The molecular formula is C33H33N3O5. The first-order valence-corrected chi connectivity index (χ1v) is 14.0. The topological polar surface area (TPSA) is 92.1 Å². The minimum atomic E-state index is -0.436. The standard InChI is InChI=1S/C33H33N3O5/c1-35-25-17-24(19-40-32(37)21-10-5-3-6-11-21)31(35)26-16-23-14-9-15-29(39-2)30(23)28(36(26)27(25)18-34)20-41-33(38)22-12-7-4-8-13-22/h3-15,24-28,31H,16-17,19-20H2,1-2H3/t24-,25-,26-,27-,28-,31+/m0/s1. The number of nitriles is 1. The van der Waals surface area contributed by atoms with E-state index >= 15 is 0 Å². The van der Waals surface area contributed by atoms with Crippen LogP contribution in [0.3, 0.4) is 0 Å². The lowest BCUT2D eigenvalue weighted by molar-refractivity contribution is -0.0583. The predicted octanol–water partition coefficient (Wildman–Crippen LogP) is 4.27. The maximum atomic E-state index is 13.0. The summed E-state index contributed by atoms with van der Waals surface area (Å²) in [5.74, 6) is 0.0366. The predicted molar refractivity (Wildman–Crippen MR) is 151 cm³/mol. The number of rotatable bonds is 7. The van der Waals surface area contributed by atoms with Crippen molar-refractivity contribution in [3.63, 3.8) is 0 Å². The minimum absolute atomic E-state index is 0.0381. The van der Waals surface area contributed by atoms with Crippen LogP contribution in [0.15, 0.2) is 78.9 Å². The normalized spacial score (nSPS) is 26.8. The number of methoxy groups -OCH3 is 1. The average Bonchev–Trinajstić information content (AvgIpc) is 3.26. The average molecular weight is 552 g/mol. The third-order valence-corrected chi connectivity index (χ3v) is 8.93. The molecule has 210 valence electrons. The van der Waals surface area contributed by atoms with E-state index in [0.717, 1.165) is 23.3 Å². The number of esters is 2. The minimum Gasteiger partial charge on any atom is -0.496 e. The highest BCUT2D eigenvalue weighted by Crippen LogP contribution is 2.49. The van der Waals surface area contributed by atoms with Gasteiger partial charge in [-0.1, -0.05) is 48.5 Å². The van der Waals surface area contributed by atoms with E-state index in [-0.39, 0.29) is 49.3 Å². The van der Waals surface area contributed by atoms with Crippen LogP contribution in [0.1, 0.15) is 44.3 Å². The van der Waals surface area contributed by atoms with E-state index < -0.39 is 12.0 Å². The lowest BCUT2D eigenvalue weighted by atomic mass is 9.80. The van der Waals surface area contributed by atoms with Crippen molar-refractivity contribution >= 4 is 11.9 Å². The van der Waals surface area contributed by atoms with Crippen LogP contribution in [0, 0.1) is 17.2 Å². The Morgan fingerprint density at radius 2 is 1.51 bits per heavy atom. The van der Waals surface area contributed by atoms with Gasteiger partial charge in [0.15, 0.2) is 0 Å². The monoisotopic (exact) mass is 551 g/mol. The zero-order valence-corrected chi connectivity index (χ0v) is 23.2. The van der Waals surface area contributed by atoms with Crippen molar-refractivity contribution in [1.29, 1.82) is 5.26 Å². The van der Waals surface area contributed by atoms with Crippen molar-refractivity contribution in [2.24, 2.45) is 5.92 Å². The van der Waals surface area contributed by atoms with Crippen molar-refractivity contribution in [3.8, 4) is 11.8 Å². The Labute approximate surface area is 240 Å².